The number of carbonyl (C=O) groups excluding carboxylic acids is 2. The zero-order valence-electron chi connectivity index (χ0n) is 14.2. The lowest BCUT2D eigenvalue weighted by molar-refractivity contribution is 0.0589. The molecule has 0 aliphatic carbocycles. The molecule has 1 heterocycles. The minimum atomic E-state index is -4.78. The van der Waals surface area contributed by atoms with Crippen LogP contribution >= 0.6 is 11.3 Å². The van der Waals surface area contributed by atoms with Crippen LogP contribution in [0.5, 0.6) is 11.5 Å². The Balaban J connectivity index is 2.44. The van der Waals surface area contributed by atoms with E-state index in [1.165, 1.54) is 19.6 Å². The maximum absolute atomic E-state index is 14.4. The van der Waals surface area contributed by atoms with Gasteiger partial charge in [0.15, 0.2) is 17.3 Å². The highest BCUT2D eigenvalue weighted by molar-refractivity contribution is 7.90. The molecule has 0 saturated carbocycles. The van der Waals surface area contributed by atoms with E-state index in [0.29, 0.717) is 12.1 Å². The van der Waals surface area contributed by atoms with Gasteiger partial charge >= 0.3 is 5.97 Å². The SMILES string of the molecule is COC(=O)c1c(F)ccc(S(=O)(=O)NC(=O)c2scc(OC)c2OC)c1F. The summed E-state index contributed by atoms with van der Waals surface area (Å²) in [4.78, 5) is 22.5. The number of ether oxygens (including phenoxy) is 3. The summed E-state index contributed by atoms with van der Waals surface area (Å²) >= 11 is 0.833. The average Bonchev–Trinajstić information content (AvgIpc) is 3.03. The van der Waals surface area contributed by atoms with Crippen LogP contribution in [0.25, 0.3) is 0 Å². The van der Waals surface area contributed by atoms with Crippen molar-refractivity contribution in [2.45, 2.75) is 4.90 Å². The number of thiophene rings is 1. The number of benzene rings is 1. The number of sulfonamides is 1. The Bertz CT molecular complexity index is 1000. The van der Waals surface area contributed by atoms with Gasteiger partial charge in [0.1, 0.15) is 21.2 Å². The van der Waals surface area contributed by atoms with Gasteiger partial charge in [0, 0.05) is 5.38 Å². The molecule has 146 valence electrons. The van der Waals surface area contributed by atoms with E-state index in [-0.39, 0.29) is 16.4 Å². The van der Waals surface area contributed by atoms with Gasteiger partial charge in [-0.25, -0.2) is 26.7 Å². The van der Waals surface area contributed by atoms with E-state index in [1.807, 2.05) is 0 Å². The van der Waals surface area contributed by atoms with Gasteiger partial charge in [-0.1, -0.05) is 0 Å². The Morgan fingerprint density at radius 3 is 2.33 bits per heavy atom. The topological polar surface area (TPSA) is 108 Å². The summed E-state index contributed by atoms with van der Waals surface area (Å²) < 4.78 is 68.7. The quantitative estimate of drug-likeness (QED) is 0.710. The van der Waals surface area contributed by atoms with Crippen molar-refractivity contribution in [3.8, 4) is 11.5 Å². The van der Waals surface area contributed by atoms with Crippen molar-refractivity contribution in [2.75, 3.05) is 21.3 Å². The summed E-state index contributed by atoms with van der Waals surface area (Å²) in [5, 5.41) is 1.41. The lowest BCUT2D eigenvalue weighted by Gasteiger charge is -2.10. The molecule has 0 atom stereocenters. The fraction of sp³-hybridized carbons (Fsp3) is 0.200. The van der Waals surface area contributed by atoms with Crippen LogP contribution in [0.2, 0.25) is 0 Å². The molecular formula is C15H13F2NO7S2. The molecule has 1 N–H and O–H groups in total. The molecule has 2 aromatic rings. The van der Waals surface area contributed by atoms with E-state index < -0.39 is 44.0 Å². The maximum Gasteiger partial charge on any atom is 0.343 e. The summed E-state index contributed by atoms with van der Waals surface area (Å²) in [5.74, 6) is -5.33. The number of esters is 1. The molecule has 0 radical (unpaired) electrons. The summed E-state index contributed by atoms with van der Waals surface area (Å²) in [6, 6.07) is 1.15. The zero-order valence-corrected chi connectivity index (χ0v) is 15.8. The fourth-order valence-corrected chi connectivity index (χ4v) is 4.06. The van der Waals surface area contributed by atoms with Crippen molar-refractivity contribution in [3.63, 3.8) is 0 Å². The first kappa shape index (κ1) is 20.6. The van der Waals surface area contributed by atoms with E-state index in [1.54, 1.807) is 4.72 Å². The second-order valence-corrected chi connectivity index (χ2v) is 7.36. The molecule has 27 heavy (non-hydrogen) atoms. The van der Waals surface area contributed by atoms with Gasteiger partial charge < -0.3 is 14.2 Å². The molecular weight excluding hydrogens is 408 g/mol. The average molecular weight is 421 g/mol. The predicted molar refractivity (Wildman–Crippen MR) is 89.8 cm³/mol. The molecule has 1 amide bonds. The van der Waals surface area contributed by atoms with E-state index in [9.17, 15) is 26.8 Å². The Morgan fingerprint density at radius 2 is 1.78 bits per heavy atom. The van der Waals surface area contributed by atoms with Crippen LogP contribution in [-0.4, -0.2) is 41.6 Å². The third-order valence-electron chi connectivity index (χ3n) is 3.31. The molecule has 0 fully saturated rings. The van der Waals surface area contributed by atoms with Gasteiger partial charge in [0.25, 0.3) is 15.9 Å². The van der Waals surface area contributed by atoms with Gasteiger partial charge in [-0.15, -0.1) is 11.3 Å². The van der Waals surface area contributed by atoms with E-state index in [0.717, 1.165) is 18.4 Å². The molecule has 2 rings (SSSR count). The highest BCUT2D eigenvalue weighted by atomic mass is 32.2. The van der Waals surface area contributed by atoms with E-state index >= 15 is 0 Å². The smallest absolute Gasteiger partial charge is 0.343 e. The van der Waals surface area contributed by atoms with Crippen molar-refractivity contribution in [1.82, 2.24) is 4.72 Å². The van der Waals surface area contributed by atoms with Crippen molar-refractivity contribution < 1.29 is 41.0 Å². The van der Waals surface area contributed by atoms with Gasteiger partial charge in [-0.05, 0) is 12.1 Å². The van der Waals surface area contributed by atoms with Crippen LogP contribution < -0.4 is 14.2 Å². The van der Waals surface area contributed by atoms with Crippen LogP contribution in [0.4, 0.5) is 8.78 Å². The molecule has 0 unspecified atom stereocenters. The summed E-state index contributed by atoms with van der Waals surface area (Å²) in [7, 11) is -1.33. The highest BCUT2D eigenvalue weighted by Crippen LogP contribution is 2.37. The molecule has 12 heteroatoms. The number of carbonyl (C=O) groups is 2. The third-order valence-corrected chi connectivity index (χ3v) is 5.59. The van der Waals surface area contributed by atoms with Crippen LogP contribution in [0.3, 0.4) is 0 Å². The predicted octanol–water partition coefficient (Wildman–Crippen LogP) is 1.95. The van der Waals surface area contributed by atoms with Gasteiger partial charge in [-0.2, -0.15) is 0 Å². The Hall–Kier alpha value is -2.73. The minimum absolute atomic E-state index is 0.00923. The Morgan fingerprint density at radius 1 is 1.11 bits per heavy atom. The number of nitrogens with one attached hydrogen (secondary N) is 1. The normalized spacial score (nSPS) is 11.0. The second-order valence-electron chi connectivity index (χ2n) is 4.83. The van der Waals surface area contributed by atoms with Crippen molar-refractivity contribution in [3.05, 3.63) is 39.6 Å². The lowest BCUT2D eigenvalue weighted by Crippen LogP contribution is -2.31. The summed E-state index contributed by atoms with van der Waals surface area (Å²) in [6.45, 7) is 0. The van der Waals surface area contributed by atoms with Crippen LogP contribution in [0.1, 0.15) is 20.0 Å². The summed E-state index contributed by atoms with van der Waals surface area (Å²) in [6.07, 6.45) is 0. The fourth-order valence-electron chi connectivity index (χ4n) is 2.08. The van der Waals surface area contributed by atoms with E-state index in [2.05, 4.69) is 4.74 Å². The molecule has 0 aliphatic heterocycles. The number of hydrogen-bond acceptors (Lipinski definition) is 8. The van der Waals surface area contributed by atoms with Gasteiger partial charge in [-0.3, -0.25) is 4.79 Å². The number of halogens is 2. The highest BCUT2D eigenvalue weighted by Gasteiger charge is 2.30. The van der Waals surface area contributed by atoms with Gasteiger partial charge in [0.05, 0.1) is 21.3 Å². The van der Waals surface area contributed by atoms with Crippen LogP contribution in [-0.2, 0) is 14.8 Å². The van der Waals surface area contributed by atoms with Gasteiger partial charge in [0.2, 0.25) is 0 Å². The number of amides is 1. The number of methoxy groups -OCH3 is 3. The van der Waals surface area contributed by atoms with Crippen molar-refractivity contribution >= 4 is 33.2 Å². The molecule has 0 saturated heterocycles. The van der Waals surface area contributed by atoms with Crippen LogP contribution in [0, 0.1) is 11.6 Å². The third kappa shape index (κ3) is 3.85. The molecule has 1 aromatic carbocycles. The van der Waals surface area contributed by atoms with Crippen molar-refractivity contribution in [1.29, 1.82) is 0 Å². The number of hydrogen-bond donors (Lipinski definition) is 1. The Labute approximate surface area is 156 Å². The van der Waals surface area contributed by atoms with Crippen molar-refractivity contribution in [2.24, 2.45) is 0 Å². The molecule has 0 bridgehead atoms. The first-order valence-corrected chi connectivity index (χ1v) is 9.37. The maximum atomic E-state index is 14.4. The minimum Gasteiger partial charge on any atom is -0.492 e. The molecule has 0 aliphatic rings. The Kier molecular flexibility index (Phi) is 6.01. The molecule has 1 aromatic heterocycles. The van der Waals surface area contributed by atoms with Crippen LogP contribution in [0.15, 0.2) is 22.4 Å². The van der Waals surface area contributed by atoms with E-state index in [4.69, 9.17) is 9.47 Å². The monoisotopic (exact) mass is 421 g/mol. The zero-order chi connectivity index (χ0) is 20.4. The first-order valence-electron chi connectivity index (χ1n) is 7.00. The summed E-state index contributed by atoms with van der Waals surface area (Å²) in [5.41, 5.74) is -1.19. The largest absolute Gasteiger partial charge is 0.492 e. The number of rotatable bonds is 6. The first-order chi connectivity index (χ1) is 12.7. The molecule has 8 nitrogen and oxygen atoms in total. The second kappa shape index (κ2) is 7.88. The molecule has 0 spiro atoms. The standard InChI is InChI=1S/C15H13F2NO7S2/c1-23-8-6-26-13(12(8)24-2)14(19)18-27(21,22)9-5-4-7(16)10(11(9)17)15(20)25-3/h4-6H,1-3H3,(H,18,19). The lowest BCUT2D eigenvalue weighted by atomic mass is 10.2.